The van der Waals surface area contributed by atoms with Gasteiger partial charge in [0.15, 0.2) is 0 Å². The third-order valence-corrected chi connectivity index (χ3v) is 6.66. The van der Waals surface area contributed by atoms with Crippen LogP contribution < -0.4 is 0 Å². The van der Waals surface area contributed by atoms with Gasteiger partial charge < -0.3 is 9.80 Å². The third-order valence-electron chi connectivity index (χ3n) is 5.18. The van der Waals surface area contributed by atoms with E-state index in [0.717, 1.165) is 27.8 Å². The second kappa shape index (κ2) is 12.0. The summed E-state index contributed by atoms with van der Waals surface area (Å²) >= 11 is 5.14. The Hall–Kier alpha value is -2.44. The maximum absolute atomic E-state index is 13.5. The molecule has 2 amide bonds. The number of thiophene rings is 1. The number of halogens is 1. The van der Waals surface area contributed by atoms with Crippen LogP contribution in [-0.4, -0.2) is 34.7 Å². The summed E-state index contributed by atoms with van der Waals surface area (Å²) in [4.78, 5) is 32.6. The van der Waals surface area contributed by atoms with Gasteiger partial charge in [0, 0.05) is 32.9 Å². The summed E-state index contributed by atoms with van der Waals surface area (Å²) in [6.45, 7) is 5.85. The van der Waals surface area contributed by atoms with Crippen molar-refractivity contribution in [1.82, 2.24) is 9.80 Å². The highest BCUT2D eigenvalue weighted by Crippen LogP contribution is 2.20. The van der Waals surface area contributed by atoms with Gasteiger partial charge in [-0.25, -0.2) is 0 Å². The van der Waals surface area contributed by atoms with E-state index in [0.29, 0.717) is 25.2 Å². The third kappa shape index (κ3) is 7.04. The molecule has 0 unspecified atom stereocenters. The van der Waals surface area contributed by atoms with Gasteiger partial charge in [0.2, 0.25) is 5.91 Å². The lowest BCUT2D eigenvalue weighted by molar-refractivity contribution is -0.133. The first-order valence-electron chi connectivity index (χ1n) is 10.9. The molecule has 0 radical (unpaired) electrons. The zero-order valence-electron chi connectivity index (χ0n) is 18.6. The van der Waals surface area contributed by atoms with Gasteiger partial charge in [0.1, 0.15) is 6.54 Å². The molecule has 2 aromatic carbocycles. The average molecular weight is 514 g/mol. The summed E-state index contributed by atoms with van der Waals surface area (Å²) in [6.07, 6.45) is 1.81. The van der Waals surface area contributed by atoms with E-state index < -0.39 is 0 Å². The molecule has 6 heteroatoms. The van der Waals surface area contributed by atoms with E-state index in [2.05, 4.69) is 41.9 Å². The van der Waals surface area contributed by atoms with Gasteiger partial charge in [-0.1, -0.05) is 65.7 Å². The predicted molar refractivity (Wildman–Crippen MR) is 135 cm³/mol. The van der Waals surface area contributed by atoms with E-state index >= 15 is 0 Å². The molecule has 0 spiro atoms. The molecule has 0 aliphatic carbocycles. The highest BCUT2D eigenvalue weighted by Gasteiger charge is 2.23. The Labute approximate surface area is 203 Å². The Morgan fingerprint density at radius 2 is 1.72 bits per heavy atom. The second-order valence-corrected chi connectivity index (χ2v) is 10.1. The van der Waals surface area contributed by atoms with Crippen LogP contribution in [0.5, 0.6) is 0 Å². The van der Waals surface area contributed by atoms with Crippen molar-refractivity contribution in [3.8, 4) is 0 Å². The van der Waals surface area contributed by atoms with Crippen LogP contribution in [0.2, 0.25) is 0 Å². The van der Waals surface area contributed by atoms with Crippen molar-refractivity contribution in [2.75, 3.05) is 13.1 Å². The lowest BCUT2D eigenvalue weighted by Crippen LogP contribution is -2.42. The Morgan fingerprint density at radius 1 is 0.938 bits per heavy atom. The number of aryl methyl sites for hydroxylation is 1. The Morgan fingerprint density at radius 3 is 2.38 bits per heavy atom. The summed E-state index contributed by atoms with van der Waals surface area (Å²) in [5, 5.41) is 0. The molecule has 0 saturated carbocycles. The van der Waals surface area contributed by atoms with Crippen LogP contribution in [-0.2, 0) is 17.9 Å². The fourth-order valence-electron chi connectivity index (χ4n) is 3.46. The molecule has 1 aromatic heterocycles. The minimum absolute atomic E-state index is 0.0423. The summed E-state index contributed by atoms with van der Waals surface area (Å²) < 4.78 is 0.851. The zero-order chi connectivity index (χ0) is 22.9. The van der Waals surface area contributed by atoms with Gasteiger partial charge in [0.05, 0.1) is 6.54 Å². The number of nitrogens with zero attached hydrogens (tertiary/aromatic N) is 2. The highest BCUT2D eigenvalue weighted by atomic mass is 79.9. The number of hydrogen-bond donors (Lipinski definition) is 0. The standard InChI is InChI=1S/C26H29BrN2O2S/c1-3-4-15-28(26(31)22-11-8-12-23(27)16-22)19-25(30)29(17-21-9-6-5-7-10-21)18-24-14-13-20(2)32-24/h5-14,16H,3-4,15,17-19H2,1-2H3. The van der Waals surface area contributed by atoms with Crippen LogP contribution in [0.15, 0.2) is 71.2 Å². The van der Waals surface area contributed by atoms with E-state index in [1.165, 1.54) is 4.88 Å². The number of unbranched alkanes of at least 4 members (excludes halogenated alkanes) is 1. The topological polar surface area (TPSA) is 40.6 Å². The van der Waals surface area contributed by atoms with E-state index in [1.54, 1.807) is 22.3 Å². The van der Waals surface area contributed by atoms with Gasteiger partial charge in [-0.15, -0.1) is 11.3 Å². The number of hydrogen-bond acceptors (Lipinski definition) is 3. The first kappa shape index (κ1) is 24.2. The molecule has 0 saturated heterocycles. The molecular weight excluding hydrogens is 484 g/mol. The lowest BCUT2D eigenvalue weighted by atomic mass is 10.1. The predicted octanol–water partition coefficient (Wildman–Crippen LogP) is 6.29. The first-order chi connectivity index (χ1) is 15.5. The first-order valence-corrected chi connectivity index (χ1v) is 12.5. The maximum Gasteiger partial charge on any atom is 0.254 e. The van der Waals surface area contributed by atoms with E-state index in [-0.39, 0.29) is 18.4 Å². The zero-order valence-corrected chi connectivity index (χ0v) is 21.0. The number of amides is 2. The van der Waals surface area contributed by atoms with E-state index in [1.807, 2.05) is 53.4 Å². The van der Waals surface area contributed by atoms with Gasteiger partial charge in [-0.3, -0.25) is 9.59 Å². The highest BCUT2D eigenvalue weighted by molar-refractivity contribution is 9.10. The molecule has 0 fully saturated rings. The largest absolute Gasteiger partial charge is 0.332 e. The monoisotopic (exact) mass is 512 g/mol. The van der Waals surface area contributed by atoms with Crippen molar-refractivity contribution in [3.63, 3.8) is 0 Å². The fourth-order valence-corrected chi connectivity index (χ4v) is 4.77. The fraction of sp³-hybridized carbons (Fsp3) is 0.308. The van der Waals surface area contributed by atoms with Crippen molar-refractivity contribution in [2.24, 2.45) is 0 Å². The summed E-state index contributed by atoms with van der Waals surface area (Å²) in [5.74, 6) is -0.154. The van der Waals surface area contributed by atoms with Crippen LogP contribution in [0.4, 0.5) is 0 Å². The molecule has 32 heavy (non-hydrogen) atoms. The molecule has 0 N–H and O–H groups in total. The summed E-state index contributed by atoms with van der Waals surface area (Å²) in [7, 11) is 0. The molecule has 0 aliphatic rings. The second-order valence-electron chi connectivity index (χ2n) is 7.84. The van der Waals surface area contributed by atoms with Crippen molar-refractivity contribution in [1.29, 1.82) is 0 Å². The van der Waals surface area contributed by atoms with Crippen LogP contribution in [0, 0.1) is 6.92 Å². The van der Waals surface area contributed by atoms with Crippen molar-refractivity contribution >= 4 is 39.1 Å². The van der Waals surface area contributed by atoms with Gasteiger partial charge in [0.25, 0.3) is 5.91 Å². The molecule has 3 aromatic rings. The Balaban J connectivity index is 1.80. The minimum Gasteiger partial charge on any atom is -0.332 e. The summed E-state index contributed by atoms with van der Waals surface area (Å²) in [5.41, 5.74) is 1.67. The minimum atomic E-state index is -0.111. The lowest BCUT2D eigenvalue weighted by Gasteiger charge is -2.28. The Bertz CT molecular complexity index is 1040. The van der Waals surface area contributed by atoms with E-state index in [9.17, 15) is 9.59 Å². The molecule has 168 valence electrons. The van der Waals surface area contributed by atoms with Gasteiger partial charge >= 0.3 is 0 Å². The number of carbonyl (C=O) groups excluding carboxylic acids is 2. The van der Waals surface area contributed by atoms with Gasteiger partial charge in [-0.2, -0.15) is 0 Å². The normalized spacial score (nSPS) is 10.7. The quantitative estimate of drug-likeness (QED) is 0.320. The molecular formula is C26H29BrN2O2S. The van der Waals surface area contributed by atoms with Crippen molar-refractivity contribution < 1.29 is 9.59 Å². The SMILES string of the molecule is CCCCN(CC(=O)N(Cc1ccccc1)Cc1ccc(C)s1)C(=O)c1cccc(Br)c1. The molecule has 0 bridgehead atoms. The average Bonchev–Trinajstić information content (AvgIpc) is 3.20. The molecule has 4 nitrogen and oxygen atoms in total. The van der Waals surface area contributed by atoms with E-state index in [4.69, 9.17) is 0 Å². The maximum atomic E-state index is 13.5. The molecule has 0 aliphatic heterocycles. The number of carbonyl (C=O) groups is 2. The summed E-state index contributed by atoms with van der Waals surface area (Å²) in [6, 6.07) is 21.5. The number of benzene rings is 2. The van der Waals surface area contributed by atoms with Crippen LogP contribution >= 0.6 is 27.3 Å². The Kier molecular flexibility index (Phi) is 9.06. The van der Waals surface area contributed by atoms with Crippen molar-refractivity contribution in [3.05, 3.63) is 92.1 Å². The van der Waals surface area contributed by atoms with Crippen molar-refractivity contribution in [2.45, 2.75) is 39.8 Å². The van der Waals surface area contributed by atoms with Crippen LogP contribution in [0.3, 0.4) is 0 Å². The van der Waals surface area contributed by atoms with Crippen LogP contribution in [0.25, 0.3) is 0 Å². The van der Waals surface area contributed by atoms with Crippen LogP contribution in [0.1, 0.15) is 45.4 Å². The molecule has 3 rings (SSSR count). The molecule has 1 heterocycles. The molecule has 0 atom stereocenters. The van der Waals surface area contributed by atoms with Gasteiger partial charge in [-0.05, 0) is 49.2 Å². The smallest absolute Gasteiger partial charge is 0.254 e. The number of rotatable bonds is 10.